The maximum Gasteiger partial charge on any atom is 0.180 e. The fourth-order valence-electron chi connectivity index (χ4n) is 2.24. The molecule has 2 aromatic carbocycles. The normalized spacial score (nSPS) is 22.8. The Morgan fingerprint density at radius 2 is 1.74 bits per heavy atom. The molecule has 1 saturated heterocycles. The second kappa shape index (κ2) is 5.03. The van der Waals surface area contributed by atoms with Gasteiger partial charge in [-0.3, -0.25) is 4.84 Å². The number of hydrogen-bond donors (Lipinski definition) is 0. The average Bonchev–Trinajstić information content (AvgIpc) is 3.28. The first-order chi connectivity index (χ1) is 9.29. The van der Waals surface area contributed by atoms with Crippen LogP contribution >= 0.6 is 0 Å². The zero-order chi connectivity index (χ0) is 13.2. The van der Waals surface area contributed by atoms with Crippen LogP contribution < -0.4 is 4.74 Å². The van der Waals surface area contributed by atoms with Gasteiger partial charge in [-0.1, -0.05) is 42.5 Å². The Morgan fingerprint density at radius 1 is 1.05 bits per heavy atom. The van der Waals surface area contributed by atoms with Gasteiger partial charge in [-0.15, -0.1) is 5.06 Å². The van der Waals surface area contributed by atoms with Gasteiger partial charge in [0.25, 0.3) is 0 Å². The lowest BCUT2D eigenvalue weighted by atomic mass is 10.1. The Bertz CT molecular complexity index is 538. The van der Waals surface area contributed by atoms with E-state index in [0.717, 1.165) is 11.3 Å². The number of rotatable bonds is 4. The topological polar surface area (TPSA) is 24.8 Å². The SMILES string of the molecule is COc1ccc([C@H]2ON2[C@H](C)c2ccccc2)cc1. The van der Waals surface area contributed by atoms with Crippen LogP contribution in [0.25, 0.3) is 0 Å². The van der Waals surface area contributed by atoms with Crippen LogP contribution in [0, 0.1) is 0 Å². The van der Waals surface area contributed by atoms with Crippen molar-refractivity contribution in [2.75, 3.05) is 7.11 Å². The second-order valence-electron chi connectivity index (χ2n) is 4.68. The molecule has 0 spiro atoms. The Morgan fingerprint density at radius 3 is 2.37 bits per heavy atom. The molecule has 0 N–H and O–H groups in total. The van der Waals surface area contributed by atoms with Crippen LogP contribution in [-0.2, 0) is 4.84 Å². The Labute approximate surface area is 113 Å². The molecule has 0 saturated carbocycles. The zero-order valence-electron chi connectivity index (χ0n) is 11.1. The van der Waals surface area contributed by atoms with Gasteiger partial charge in [0.2, 0.25) is 0 Å². The molecule has 0 aromatic heterocycles. The molecule has 1 fully saturated rings. The van der Waals surface area contributed by atoms with E-state index in [-0.39, 0.29) is 12.3 Å². The van der Waals surface area contributed by atoms with Crippen molar-refractivity contribution >= 4 is 0 Å². The highest BCUT2D eigenvalue weighted by Gasteiger charge is 2.42. The molecule has 3 atom stereocenters. The number of nitrogens with zero attached hydrogens (tertiary/aromatic N) is 1. The van der Waals surface area contributed by atoms with Gasteiger partial charge >= 0.3 is 0 Å². The predicted octanol–water partition coefficient (Wildman–Crippen LogP) is 3.70. The minimum atomic E-state index is 0.0566. The van der Waals surface area contributed by atoms with Crippen LogP contribution in [-0.4, -0.2) is 12.2 Å². The molecule has 3 heteroatoms. The summed E-state index contributed by atoms with van der Waals surface area (Å²) in [6.07, 6.45) is 0.0566. The highest BCUT2D eigenvalue weighted by atomic mass is 16.8. The summed E-state index contributed by atoms with van der Waals surface area (Å²) in [5, 5.41) is 2.01. The molecule has 1 aliphatic heterocycles. The van der Waals surface area contributed by atoms with Crippen molar-refractivity contribution in [3.63, 3.8) is 0 Å². The van der Waals surface area contributed by atoms with E-state index in [1.807, 2.05) is 35.4 Å². The number of benzene rings is 2. The highest BCUT2D eigenvalue weighted by Crippen LogP contribution is 2.44. The summed E-state index contributed by atoms with van der Waals surface area (Å²) in [6.45, 7) is 2.15. The molecule has 3 rings (SSSR count). The lowest BCUT2D eigenvalue weighted by molar-refractivity contribution is 0.155. The lowest BCUT2D eigenvalue weighted by Crippen LogP contribution is -2.05. The Balaban J connectivity index is 1.70. The molecule has 3 nitrogen and oxygen atoms in total. The summed E-state index contributed by atoms with van der Waals surface area (Å²) < 4.78 is 5.16. The van der Waals surface area contributed by atoms with Crippen LogP contribution in [0.4, 0.5) is 0 Å². The third-order valence-electron chi connectivity index (χ3n) is 3.47. The fourth-order valence-corrected chi connectivity index (χ4v) is 2.24. The zero-order valence-corrected chi connectivity index (χ0v) is 11.1. The van der Waals surface area contributed by atoms with Crippen LogP contribution in [0.15, 0.2) is 54.6 Å². The van der Waals surface area contributed by atoms with E-state index < -0.39 is 0 Å². The number of hydroxylamine groups is 2. The Kier molecular flexibility index (Phi) is 3.23. The molecule has 0 radical (unpaired) electrons. The fraction of sp³-hybridized carbons (Fsp3) is 0.250. The van der Waals surface area contributed by atoms with Crippen LogP contribution in [0.3, 0.4) is 0 Å². The third-order valence-corrected chi connectivity index (χ3v) is 3.47. The minimum absolute atomic E-state index is 0.0566. The van der Waals surface area contributed by atoms with E-state index in [2.05, 4.69) is 31.2 Å². The van der Waals surface area contributed by atoms with Gasteiger partial charge in [-0.25, -0.2) is 0 Å². The molecule has 98 valence electrons. The largest absolute Gasteiger partial charge is 0.497 e. The second-order valence-corrected chi connectivity index (χ2v) is 4.68. The van der Waals surface area contributed by atoms with Gasteiger partial charge in [0.15, 0.2) is 6.23 Å². The lowest BCUT2D eigenvalue weighted by Gasteiger charge is -2.10. The molecule has 19 heavy (non-hydrogen) atoms. The van der Waals surface area contributed by atoms with Gasteiger partial charge in [0, 0.05) is 0 Å². The van der Waals surface area contributed by atoms with Gasteiger partial charge < -0.3 is 4.74 Å². The first kappa shape index (κ1) is 12.2. The van der Waals surface area contributed by atoms with Crippen molar-refractivity contribution in [3.8, 4) is 5.75 Å². The maximum atomic E-state index is 5.69. The molecular weight excluding hydrogens is 238 g/mol. The van der Waals surface area contributed by atoms with Gasteiger partial charge in [0.05, 0.1) is 13.2 Å². The van der Waals surface area contributed by atoms with Crippen LogP contribution in [0.5, 0.6) is 5.75 Å². The number of hydrogen-bond acceptors (Lipinski definition) is 3. The molecular formula is C16H17NO2. The molecule has 0 amide bonds. The molecule has 2 aromatic rings. The van der Waals surface area contributed by atoms with Crippen molar-refractivity contribution in [3.05, 3.63) is 65.7 Å². The van der Waals surface area contributed by atoms with Crippen molar-refractivity contribution in [2.45, 2.75) is 19.2 Å². The van der Waals surface area contributed by atoms with E-state index >= 15 is 0 Å². The quantitative estimate of drug-likeness (QED) is 0.779. The summed E-state index contributed by atoms with van der Waals surface area (Å²) >= 11 is 0. The summed E-state index contributed by atoms with van der Waals surface area (Å²) in [5.41, 5.74) is 2.42. The van der Waals surface area contributed by atoms with Gasteiger partial charge in [0.1, 0.15) is 5.75 Å². The summed E-state index contributed by atoms with van der Waals surface area (Å²) in [7, 11) is 1.67. The molecule has 1 heterocycles. The van der Waals surface area contributed by atoms with Crippen molar-refractivity contribution in [1.29, 1.82) is 0 Å². The summed E-state index contributed by atoms with van der Waals surface area (Å²) in [4.78, 5) is 5.69. The van der Waals surface area contributed by atoms with E-state index in [9.17, 15) is 0 Å². The van der Waals surface area contributed by atoms with E-state index in [0.29, 0.717) is 0 Å². The highest BCUT2D eigenvalue weighted by molar-refractivity contribution is 5.29. The van der Waals surface area contributed by atoms with E-state index in [1.165, 1.54) is 5.56 Å². The summed E-state index contributed by atoms with van der Waals surface area (Å²) in [5.74, 6) is 0.868. The van der Waals surface area contributed by atoms with E-state index in [4.69, 9.17) is 9.57 Å². The van der Waals surface area contributed by atoms with Gasteiger partial charge in [-0.2, -0.15) is 0 Å². The standard InChI is InChI=1S/C16H17NO2/c1-12(13-6-4-3-5-7-13)17-16(19-17)14-8-10-15(18-2)11-9-14/h3-12,16H,1-2H3/t12-,16-,17?/m1/s1. The van der Waals surface area contributed by atoms with Crippen LogP contribution in [0.1, 0.15) is 30.3 Å². The summed E-state index contributed by atoms with van der Waals surface area (Å²) in [6, 6.07) is 18.6. The van der Waals surface area contributed by atoms with Crippen LogP contribution in [0.2, 0.25) is 0 Å². The first-order valence-electron chi connectivity index (χ1n) is 6.43. The molecule has 0 bridgehead atoms. The number of methoxy groups -OCH3 is 1. The van der Waals surface area contributed by atoms with Crippen molar-refractivity contribution < 1.29 is 9.57 Å². The monoisotopic (exact) mass is 255 g/mol. The third kappa shape index (κ3) is 2.48. The average molecular weight is 255 g/mol. The smallest absolute Gasteiger partial charge is 0.180 e. The maximum absolute atomic E-state index is 5.69. The van der Waals surface area contributed by atoms with Crippen molar-refractivity contribution in [1.82, 2.24) is 5.06 Å². The molecule has 1 unspecified atom stereocenters. The van der Waals surface area contributed by atoms with E-state index in [1.54, 1.807) is 7.11 Å². The van der Waals surface area contributed by atoms with Gasteiger partial charge in [-0.05, 0) is 30.2 Å². The Hall–Kier alpha value is -1.84. The molecule has 1 aliphatic rings. The molecule has 0 aliphatic carbocycles. The van der Waals surface area contributed by atoms with Crippen molar-refractivity contribution in [2.24, 2.45) is 0 Å². The number of ether oxygens (including phenoxy) is 1. The first-order valence-corrected chi connectivity index (χ1v) is 6.43. The predicted molar refractivity (Wildman–Crippen MR) is 73.5 cm³/mol. The minimum Gasteiger partial charge on any atom is -0.497 e.